The highest BCUT2D eigenvalue weighted by Gasteiger charge is 2.51. The third-order valence-electron chi connectivity index (χ3n) is 6.24. The van der Waals surface area contributed by atoms with E-state index < -0.39 is 59.6 Å². The van der Waals surface area contributed by atoms with E-state index in [1.54, 1.807) is 6.20 Å². The van der Waals surface area contributed by atoms with Gasteiger partial charge in [0.05, 0.1) is 0 Å². The van der Waals surface area contributed by atoms with Gasteiger partial charge in [0.1, 0.15) is 17.7 Å². The van der Waals surface area contributed by atoms with Crippen molar-refractivity contribution < 1.29 is 42.9 Å². The summed E-state index contributed by atoms with van der Waals surface area (Å²) >= 11 is 0. The van der Waals surface area contributed by atoms with Gasteiger partial charge < -0.3 is 29.6 Å². The van der Waals surface area contributed by atoms with E-state index in [2.05, 4.69) is 20.6 Å². The fourth-order valence-corrected chi connectivity index (χ4v) is 6.14. The zero-order valence-corrected chi connectivity index (χ0v) is 27.0. The number of carbonyl (C=O) groups excluding carboxylic acids is 5. The Hall–Kier alpha value is -4.16. The molecule has 1 saturated heterocycles. The first kappa shape index (κ1) is 36.3. The normalized spacial score (nSPS) is 18.8. The minimum atomic E-state index is -1.37. The number of esters is 3. The number of pyridine rings is 1. The van der Waals surface area contributed by atoms with Crippen LogP contribution < -0.4 is 21.9 Å². The van der Waals surface area contributed by atoms with Gasteiger partial charge in [0, 0.05) is 70.4 Å². The monoisotopic (exact) mass is 681 g/mol. The van der Waals surface area contributed by atoms with Crippen LogP contribution in [0.4, 0.5) is 0 Å². The molecule has 2 aromatic heterocycles. The van der Waals surface area contributed by atoms with Crippen LogP contribution >= 0.6 is 21.6 Å². The Kier molecular flexibility index (Phi) is 14.3. The van der Waals surface area contributed by atoms with E-state index in [1.165, 1.54) is 27.8 Å². The van der Waals surface area contributed by atoms with E-state index in [9.17, 15) is 33.6 Å². The van der Waals surface area contributed by atoms with Crippen LogP contribution in [0.15, 0.2) is 45.2 Å². The average Bonchev–Trinajstić information content (AvgIpc) is 3.31. The molecule has 16 nitrogen and oxygen atoms in total. The van der Waals surface area contributed by atoms with Crippen molar-refractivity contribution in [2.75, 3.05) is 25.4 Å². The Bertz CT molecular complexity index is 1500. The molecular formula is C28H35N5O11S2. The Morgan fingerprint density at radius 2 is 1.63 bits per heavy atom. The standard InChI is InChI=1S/C28H35N5O11S2/c1-16(34)41-15-20-24(42-17(2)35)25(43-18(3)36)27(44-20)33-14-19(26(39)32-28(33)40)7-8-21(37)29-11-12-30-22(38)9-13-45-46-23-6-4-5-10-31-23/h4-6,10,14,20,24-25,27H,7-9,11-13,15H2,1-3H3,(H,29,37)(H,30,38)(H,32,39,40)/t20-,24-,25-,27-/m1/s1. The zero-order valence-electron chi connectivity index (χ0n) is 25.3. The fourth-order valence-electron chi connectivity index (χ4n) is 4.27. The SMILES string of the molecule is CC(=O)OC[C@H]1O[C@@H](n2cc(CCC(=O)NCCNC(=O)CCSSc3ccccn3)c(=O)[nH]c2=O)[C@H](OC(C)=O)[C@@H]1OC(C)=O. The number of hydrogen-bond donors (Lipinski definition) is 3. The largest absolute Gasteiger partial charge is 0.463 e. The second-order valence-electron chi connectivity index (χ2n) is 9.86. The lowest BCUT2D eigenvalue weighted by Gasteiger charge is -2.24. The van der Waals surface area contributed by atoms with Gasteiger partial charge in [0.2, 0.25) is 11.8 Å². The summed E-state index contributed by atoms with van der Waals surface area (Å²) in [6.45, 7) is 3.38. The second kappa shape index (κ2) is 18.1. The van der Waals surface area contributed by atoms with Crippen molar-refractivity contribution in [2.24, 2.45) is 0 Å². The first-order chi connectivity index (χ1) is 21.9. The van der Waals surface area contributed by atoms with Gasteiger partial charge in [-0.1, -0.05) is 16.9 Å². The summed E-state index contributed by atoms with van der Waals surface area (Å²) in [6.07, 6.45) is -2.11. The van der Waals surface area contributed by atoms with Crippen LogP contribution in [0.2, 0.25) is 0 Å². The number of H-pyrrole nitrogens is 1. The van der Waals surface area contributed by atoms with Crippen molar-refractivity contribution in [3.05, 3.63) is 57.0 Å². The van der Waals surface area contributed by atoms with E-state index in [0.717, 1.165) is 30.4 Å². The molecule has 0 aliphatic carbocycles. The molecule has 3 rings (SSSR count). The van der Waals surface area contributed by atoms with Crippen LogP contribution in [0.3, 0.4) is 0 Å². The first-order valence-electron chi connectivity index (χ1n) is 14.2. The van der Waals surface area contributed by atoms with E-state index >= 15 is 0 Å². The highest BCUT2D eigenvalue weighted by Crippen LogP contribution is 2.34. The number of nitrogens with one attached hydrogen (secondary N) is 3. The van der Waals surface area contributed by atoms with E-state index in [4.69, 9.17) is 18.9 Å². The van der Waals surface area contributed by atoms with Crippen molar-refractivity contribution >= 4 is 51.3 Å². The third kappa shape index (κ3) is 11.6. The lowest BCUT2D eigenvalue weighted by atomic mass is 10.1. The predicted octanol–water partition coefficient (Wildman–Crippen LogP) is 0.251. The Morgan fingerprint density at radius 1 is 0.957 bits per heavy atom. The van der Waals surface area contributed by atoms with Crippen molar-refractivity contribution in [3.63, 3.8) is 0 Å². The smallest absolute Gasteiger partial charge is 0.330 e. The number of rotatable bonds is 16. The van der Waals surface area contributed by atoms with Gasteiger partial charge in [-0.15, -0.1) is 0 Å². The predicted molar refractivity (Wildman–Crippen MR) is 164 cm³/mol. The van der Waals surface area contributed by atoms with Gasteiger partial charge in [0.15, 0.2) is 18.4 Å². The van der Waals surface area contributed by atoms with Crippen LogP contribution in [0, 0.1) is 0 Å². The summed E-state index contributed by atoms with van der Waals surface area (Å²) in [5.74, 6) is -2.14. The molecule has 1 aliphatic heterocycles. The average molecular weight is 682 g/mol. The maximum absolute atomic E-state index is 12.8. The number of hydrogen-bond acceptors (Lipinski definition) is 14. The van der Waals surface area contributed by atoms with Crippen molar-refractivity contribution in [2.45, 2.75) is 69.6 Å². The Morgan fingerprint density at radius 3 is 2.26 bits per heavy atom. The van der Waals surface area contributed by atoms with Crippen LogP contribution in [-0.4, -0.2) is 88.0 Å². The molecule has 0 saturated carbocycles. The van der Waals surface area contributed by atoms with E-state index in [-0.39, 0.29) is 44.0 Å². The van der Waals surface area contributed by atoms with Crippen LogP contribution in [-0.2, 0) is 49.3 Å². The highest BCUT2D eigenvalue weighted by molar-refractivity contribution is 8.76. The lowest BCUT2D eigenvalue weighted by Crippen LogP contribution is -2.43. The summed E-state index contributed by atoms with van der Waals surface area (Å²) in [5.41, 5.74) is -1.61. The molecule has 4 atom stereocenters. The van der Waals surface area contributed by atoms with Crippen molar-refractivity contribution in [1.82, 2.24) is 25.2 Å². The first-order valence-corrected chi connectivity index (χ1v) is 16.5. The number of aromatic amines is 1. The van der Waals surface area contributed by atoms with E-state index in [1.807, 2.05) is 18.2 Å². The minimum Gasteiger partial charge on any atom is -0.463 e. The summed E-state index contributed by atoms with van der Waals surface area (Å²) in [6, 6.07) is 5.59. The van der Waals surface area contributed by atoms with Crippen LogP contribution in [0.25, 0.3) is 0 Å². The van der Waals surface area contributed by atoms with Crippen molar-refractivity contribution in [3.8, 4) is 0 Å². The number of carbonyl (C=O) groups is 5. The van der Waals surface area contributed by atoms with Gasteiger partial charge in [-0.2, -0.15) is 0 Å². The molecule has 0 radical (unpaired) electrons. The molecule has 2 aromatic rings. The van der Waals surface area contributed by atoms with Crippen molar-refractivity contribution in [1.29, 1.82) is 0 Å². The number of ether oxygens (including phenoxy) is 4. The fraction of sp³-hybridized carbons (Fsp3) is 0.500. The van der Waals surface area contributed by atoms with Gasteiger partial charge in [-0.05, 0) is 29.3 Å². The van der Waals surface area contributed by atoms with Gasteiger partial charge in [-0.3, -0.25) is 38.3 Å². The molecule has 18 heteroatoms. The zero-order chi connectivity index (χ0) is 33.6. The molecule has 1 fully saturated rings. The second-order valence-corrected chi connectivity index (χ2v) is 12.3. The van der Waals surface area contributed by atoms with Gasteiger partial charge in [0.25, 0.3) is 5.56 Å². The number of nitrogens with zero attached hydrogens (tertiary/aromatic N) is 2. The summed E-state index contributed by atoms with van der Waals surface area (Å²) in [4.78, 5) is 91.2. The summed E-state index contributed by atoms with van der Waals surface area (Å²) < 4.78 is 22.4. The third-order valence-corrected chi connectivity index (χ3v) is 8.51. The Balaban J connectivity index is 1.54. The number of amides is 2. The molecule has 0 aromatic carbocycles. The molecule has 3 N–H and O–H groups in total. The molecule has 1 aliphatic rings. The topological polar surface area (TPSA) is 214 Å². The summed E-state index contributed by atoms with van der Waals surface area (Å²) in [5, 5.41) is 6.23. The quantitative estimate of drug-likeness (QED) is 0.0938. The maximum atomic E-state index is 12.8. The highest BCUT2D eigenvalue weighted by atomic mass is 33.1. The van der Waals surface area contributed by atoms with E-state index in [0.29, 0.717) is 12.2 Å². The molecule has 2 amide bonds. The number of aromatic nitrogens is 3. The van der Waals surface area contributed by atoms with Crippen LogP contribution in [0.1, 0.15) is 45.4 Å². The minimum absolute atomic E-state index is 0.0433. The number of aryl methyl sites for hydroxylation is 1. The molecule has 46 heavy (non-hydrogen) atoms. The Labute approximate surface area is 271 Å². The van der Waals surface area contributed by atoms with Gasteiger partial charge in [-0.25, -0.2) is 9.78 Å². The summed E-state index contributed by atoms with van der Waals surface area (Å²) in [7, 11) is 2.99. The molecule has 0 unspecified atom stereocenters. The lowest BCUT2D eigenvalue weighted by molar-refractivity contribution is -0.166. The molecule has 0 spiro atoms. The maximum Gasteiger partial charge on any atom is 0.330 e. The molecule has 3 heterocycles. The molecule has 0 bridgehead atoms. The molecule has 250 valence electrons. The molecular weight excluding hydrogens is 646 g/mol. The van der Waals surface area contributed by atoms with Gasteiger partial charge >= 0.3 is 23.6 Å². The van der Waals surface area contributed by atoms with Crippen LogP contribution in [0.5, 0.6) is 0 Å².